The summed E-state index contributed by atoms with van der Waals surface area (Å²) in [5, 5.41) is 0. The Bertz CT molecular complexity index is 330. The first-order chi connectivity index (χ1) is 7.79. The number of carbonyl (C=O) groups excluding carboxylic acids is 6. The normalized spacial score (nSPS) is 11.2. The Morgan fingerprint density at radius 3 is 1.18 bits per heavy atom. The quantitative estimate of drug-likeness (QED) is 0.329. The number of aldehydes is 4. The van der Waals surface area contributed by atoms with Gasteiger partial charge in [-0.05, 0) is 13.8 Å². The van der Waals surface area contributed by atoms with Gasteiger partial charge in [0.15, 0.2) is 10.8 Å². The van der Waals surface area contributed by atoms with Crippen LogP contribution in [-0.2, 0) is 33.5 Å². The van der Waals surface area contributed by atoms with E-state index in [0.717, 1.165) is 13.8 Å². The number of carbonyl (C=O) groups is 6. The molecular formula is C10H10O7. The van der Waals surface area contributed by atoms with E-state index in [1.807, 2.05) is 0 Å². The Hall–Kier alpha value is -2.18. The minimum atomic E-state index is -2.14. The second kappa shape index (κ2) is 5.24. The molecule has 0 aromatic rings. The lowest BCUT2D eigenvalue weighted by atomic mass is 9.93. The molecule has 92 valence electrons. The molecule has 0 amide bonds. The molecule has 0 fully saturated rings. The van der Waals surface area contributed by atoms with Crippen LogP contribution in [0.3, 0.4) is 0 Å². The van der Waals surface area contributed by atoms with Crippen LogP contribution >= 0.6 is 0 Å². The van der Waals surface area contributed by atoms with Crippen molar-refractivity contribution in [2.24, 2.45) is 10.8 Å². The van der Waals surface area contributed by atoms with Gasteiger partial charge in [-0.1, -0.05) is 0 Å². The zero-order valence-corrected chi connectivity index (χ0v) is 9.17. The van der Waals surface area contributed by atoms with Crippen LogP contribution in [0.1, 0.15) is 13.8 Å². The SMILES string of the molecule is CC(C=O)(C=O)C(=O)OC(=O)C(C)(C=O)C=O. The van der Waals surface area contributed by atoms with E-state index in [0.29, 0.717) is 0 Å². The molecule has 7 heteroatoms. The van der Waals surface area contributed by atoms with Gasteiger partial charge in [0.1, 0.15) is 25.1 Å². The summed E-state index contributed by atoms with van der Waals surface area (Å²) in [6, 6.07) is 0. The zero-order valence-electron chi connectivity index (χ0n) is 9.17. The van der Waals surface area contributed by atoms with Crippen LogP contribution < -0.4 is 0 Å². The van der Waals surface area contributed by atoms with E-state index in [2.05, 4.69) is 4.74 Å². The molecule has 0 rings (SSSR count). The van der Waals surface area contributed by atoms with Crippen molar-refractivity contribution in [3.63, 3.8) is 0 Å². The largest absolute Gasteiger partial charge is 0.391 e. The Labute approximate surface area is 96.1 Å². The molecular weight excluding hydrogens is 232 g/mol. The van der Waals surface area contributed by atoms with Gasteiger partial charge in [-0.2, -0.15) is 0 Å². The highest BCUT2D eigenvalue weighted by molar-refractivity contribution is 6.15. The number of esters is 2. The first-order valence-corrected chi connectivity index (χ1v) is 4.41. The van der Waals surface area contributed by atoms with Crippen molar-refractivity contribution >= 4 is 37.1 Å². The van der Waals surface area contributed by atoms with Crippen LogP contribution in [0, 0.1) is 10.8 Å². The van der Waals surface area contributed by atoms with E-state index in [4.69, 9.17) is 0 Å². The summed E-state index contributed by atoms with van der Waals surface area (Å²) < 4.78 is 4.14. The van der Waals surface area contributed by atoms with Crippen molar-refractivity contribution in [1.29, 1.82) is 0 Å². The van der Waals surface area contributed by atoms with Crippen molar-refractivity contribution in [3.8, 4) is 0 Å². The molecule has 0 atom stereocenters. The molecule has 0 saturated heterocycles. The number of hydrogen-bond donors (Lipinski definition) is 0. The highest BCUT2D eigenvalue weighted by atomic mass is 16.6. The molecule has 0 N–H and O–H groups in total. The summed E-state index contributed by atoms with van der Waals surface area (Å²) in [6.45, 7) is 1.86. The number of rotatable bonds is 6. The summed E-state index contributed by atoms with van der Waals surface area (Å²) in [5.74, 6) is -2.88. The minimum Gasteiger partial charge on any atom is -0.391 e. The molecule has 17 heavy (non-hydrogen) atoms. The molecule has 0 aliphatic heterocycles. The van der Waals surface area contributed by atoms with E-state index in [1.54, 1.807) is 0 Å². The molecule has 0 unspecified atom stereocenters. The lowest BCUT2D eigenvalue weighted by Crippen LogP contribution is -2.40. The van der Waals surface area contributed by atoms with Gasteiger partial charge >= 0.3 is 11.9 Å². The highest BCUT2D eigenvalue weighted by Gasteiger charge is 2.41. The van der Waals surface area contributed by atoms with E-state index in [1.165, 1.54) is 0 Å². The van der Waals surface area contributed by atoms with Gasteiger partial charge in [-0.15, -0.1) is 0 Å². The van der Waals surface area contributed by atoms with Crippen molar-refractivity contribution in [2.45, 2.75) is 13.8 Å². The third-order valence-corrected chi connectivity index (χ3v) is 2.04. The third kappa shape index (κ3) is 2.90. The molecule has 0 heterocycles. The molecule has 0 aliphatic carbocycles. The Morgan fingerprint density at radius 2 is 1.00 bits per heavy atom. The van der Waals surface area contributed by atoms with E-state index in [9.17, 15) is 28.8 Å². The molecule has 0 bridgehead atoms. The van der Waals surface area contributed by atoms with Gasteiger partial charge in [0, 0.05) is 0 Å². The molecule has 7 nitrogen and oxygen atoms in total. The number of hydrogen-bond acceptors (Lipinski definition) is 7. The lowest BCUT2D eigenvalue weighted by Gasteiger charge is -2.17. The van der Waals surface area contributed by atoms with E-state index in [-0.39, 0.29) is 25.1 Å². The molecule has 0 radical (unpaired) electrons. The van der Waals surface area contributed by atoms with Crippen molar-refractivity contribution in [1.82, 2.24) is 0 Å². The second-order valence-electron chi connectivity index (χ2n) is 3.71. The summed E-state index contributed by atoms with van der Waals surface area (Å²) in [4.78, 5) is 64.5. The fraction of sp³-hybridized carbons (Fsp3) is 0.400. The lowest BCUT2D eigenvalue weighted by molar-refractivity contribution is -0.172. The molecule has 0 saturated carbocycles. The minimum absolute atomic E-state index is 0.00519. The number of ether oxygens (including phenoxy) is 1. The first-order valence-electron chi connectivity index (χ1n) is 4.41. The average molecular weight is 242 g/mol. The third-order valence-electron chi connectivity index (χ3n) is 2.04. The topological polar surface area (TPSA) is 112 Å². The van der Waals surface area contributed by atoms with Crippen LogP contribution in [-0.4, -0.2) is 37.1 Å². The summed E-state index contributed by atoms with van der Waals surface area (Å²) in [7, 11) is 0. The van der Waals surface area contributed by atoms with Crippen molar-refractivity contribution in [3.05, 3.63) is 0 Å². The van der Waals surface area contributed by atoms with Crippen molar-refractivity contribution < 1.29 is 33.5 Å². The summed E-state index contributed by atoms with van der Waals surface area (Å²) in [6.07, 6.45) is -0.0207. The highest BCUT2D eigenvalue weighted by Crippen LogP contribution is 2.17. The summed E-state index contributed by atoms with van der Waals surface area (Å²) in [5.41, 5.74) is -4.27. The fourth-order valence-corrected chi connectivity index (χ4v) is 0.552. The maximum Gasteiger partial charge on any atom is 0.334 e. The van der Waals surface area contributed by atoms with Crippen LogP contribution in [0.15, 0.2) is 0 Å². The molecule has 0 aromatic carbocycles. The van der Waals surface area contributed by atoms with Crippen LogP contribution in [0.5, 0.6) is 0 Å². The van der Waals surface area contributed by atoms with E-state index < -0.39 is 22.8 Å². The fourth-order valence-electron chi connectivity index (χ4n) is 0.552. The van der Waals surface area contributed by atoms with Gasteiger partial charge in [-0.25, -0.2) is 0 Å². The molecule has 0 spiro atoms. The van der Waals surface area contributed by atoms with Crippen LogP contribution in [0.2, 0.25) is 0 Å². The van der Waals surface area contributed by atoms with Gasteiger partial charge in [0.2, 0.25) is 0 Å². The Kier molecular flexibility index (Phi) is 4.57. The van der Waals surface area contributed by atoms with Gasteiger partial charge in [-0.3, -0.25) is 9.59 Å². The predicted molar refractivity (Wildman–Crippen MR) is 51.6 cm³/mol. The monoisotopic (exact) mass is 242 g/mol. The van der Waals surface area contributed by atoms with E-state index >= 15 is 0 Å². The average Bonchev–Trinajstić information content (AvgIpc) is 2.36. The van der Waals surface area contributed by atoms with Gasteiger partial charge < -0.3 is 23.9 Å². The second-order valence-corrected chi connectivity index (χ2v) is 3.71. The maximum atomic E-state index is 11.3. The molecule has 0 aromatic heterocycles. The van der Waals surface area contributed by atoms with Crippen LogP contribution in [0.25, 0.3) is 0 Å². The van der Waals surface area contributed by atoms with Gasteiger partial charge in [0.25, 0.3) is 0 Å². The zero-order chi connectivity index (χ0) is 13.7. The standard InChI is InChI=1S/C10H10O7/c1-9(3-11,4-12)7(15)17-8(16)10(2,5-13)6-14/h3-6H,1-2H3. The smallest absolute Gasteiger partial charge is 0.334 e. The maximum absolute atomic E-state index is 11.3. The Morgan fingerprint density at radius 1 is 0.765 bits per heavy atom. The Balaban J connectivity index is 5.00. The first kappa shape index (κ1) is 14.8. The van der Waals surface area contributed by atoms with Crippen molar-refractivity contribution in [2.75, 3.05) is 0 Å². The van der Waals surface area contributed by atoms with Crippen LogP contribution in [0.4, 0.5) is 0 Å². The van der Waals surface area contributed by atoms with Gasteiger partial charge in [0.05, 0.1) is 0 Å². The summed E-state index contributed by atoms with van der Waals surface area (Å²) >= 11 is 0. The predicted octanol–water partition coefficient (Wildman–Crippen LogP) is -1.14. The molecule has 0 aliphatic rings.